The topological polar surface area (TPSA) is 102 Å². The van der Waals surface area contributed by atoms with Crippen LogP contribution in [0.3, 0.4) is 0 Å². The molecule has 1 aromatic heterocycles. The van der Waals surface area contributed by atoms with Crippen LogP contribution in [-0.2, 0) is 22.0 Å². The first kappa shape index (κ1) is 14.2. The van der Waals surface area contributed by atoms with Gasteiger partial charge in [0, 0.05) is 20.1 Å². The van der Waals surface area contributed by atoms with Crippen molar-refractivity contribution in [3.05, 3.63) is 11.8 Å². The van der Waals surface area contributed by atoms with Crippen molar-refractivity contribution < 1.29 is 13.2 Å². The van der Waals surface area contributed by atoms with Crippen molar-refractivity contribution in [2.75, 3.05) is 31.0 Å². The lowest BCUT2D eigenvalue weighted by Crippen LogP contribution is -2.44. The summed E-state index contributed by atoms with van der Waals surface area (Å²) in [6, 6.07) is 0. The highest BCUT2D eigenvalue weighted by Crippen LogP contribution is 2.17. The molecule has 2 rings (SSSR count). The molecule has 3 N–H and O–H groups in total. The van der Waals surface area contributed by atoms with Gasteiger partial charge in [0.2, 0.25) is 0 Å². The van der Waals surface area contributed by atoms with E-state index in [0.29, 0.717) is 31.9 Å². The molecule has 0 atom stereocenters. The standard InChI is InChI=1S/C9H15N5O3S2/c1-13-9(7(6-11-13)8(10)18)12-19(15,16)14-2-4-17-5-3-14/h6,12H,2-5H2,1H3,(H2,10,18). The summed E-state index contributed by atoms with van der Waals surface area (Å²) in [6.45, 7) is 1.40. The van der Waals surface area contributed by atoms with E-state index in [4.69, 9.17) is 22.7 Å². The van der Waals surface area contributed by atoms with Gasteiger partial charge in [-0.05, 0) is 0 Å². The van der Waals surface area contributed by atoms with Crippen LogP contribution >= 0.6 is 12.2 Å². The minimum Gasteiger partial charge on any atom is -0.389 e. The first-order valence-electron chi connectivity index (χ1n) is 5.59. The van der Waals surface area contributed by atoms with Gasteiger partial charge in [-0.3, -0.25) is 9.40 Å². The molecule has 2 heterocycles. The second-order valence-electron chi connectivity index (χ2n) is 4.01. The maximum Gasteiger partial charge on any atom is 0.302 e. The fourth-order valence-corrected chi connectivity index (χ4v) is 3.11. The van der Waals surface area contributed by atoms with E-state index in [1.165, 1.54) is 15.2 Å². The number of aromatic nitrogens is 2. The van der Waals surface area contributed by atoms with Crippen LogP contribution in [0.2, 0.25) is 0 Å². The van der Waals surface area contributed by atoms with Gasteiger partial charge in [0.15, 0.2) is 0 Å². The summed E-state index contributed by atoms with van der Waals surface area (Å²) in [5, 5.41) is 3.95. The average Bonchev–Trinajstić information content (AvgIpc) is 2.72. The van der Waals surface area contributed by atoms with E-state index in [9.17, 15) is 8.42 Å². The molecule has 0 spiro atoms. The summed E-state index contributed by atoms with van der Waals surface area (Å²) in [4.78, 5) is 0.0905. The molecule has 0 saturated carbocycles. The Balaban J connectivity index is 2.24. The molecule has 1 aliphatic heterocycles. The Kier molecular flexibility index (Phi) is 4.04. The van der Waals surface area contributed by atoms with Crippen LogP contribution in [0.1, 0.15) is 5.56 Å². The maximum atomic E-state index is 12.2. The quantitative estimate of drug-likeness (QED) is 0.695. The zero-order valence-electron chi connectivity index (χ0n) is 10.4. The summed E-state index contributed by atoms with van der Waals surface area (Å²) >= 11 is 4.86. The van der Waals surface area contributed by atoms with Gasteiger partial charge in [0.05, 0.1) is 25.0 Å². The number of rotatable bonds is 4. The van der Waals surface area contributed by atoms with Crippen LogP contribution in [0.4, 0.5) is 5.82 Å². The monoisotopic (exact) mass is 305 g/mol. The van der Waals surface area contributed by atoms with Gasteiger partial charge >= 0.3 is 10.2 Å². The van der Waals surface area contributed by atoms with Gasteiger partial charge in [-0.25, -0.2) is 0 Å². The second-order valence-corrected chi connectivity index (χ2v) is 6.12. The molecule has 106 valence electrons. The number of anilines is 1. The SMILES string of the molecule is Cn1ncc(C(N)=S)c1NS(=O)(=O)N1CCOCC1. The Bertz CT molecular complexity index is 577. The molecule has 1 fully saturated rings. The average molecular weight is 305 g/mol. The Morgan fingerprint density at radius 3 is 2.74 bits per heavy atom. The Morgan fingerprint density at radius 2 is 2.16 bits per heavy atom. The Labute approximate surface area is 116 Å². The summed E-state index contributed by atoms with van der Waals surface area (Å²) in [5.74, 6) is 0.263. The predicted octanol–water partition coefficient (Wildman–Crippen LogP) is -0.957. The zero-order chi connectivity index (χ0) is 14.0. The third-order valence-corrected chi connectivity index (χ3v) is 4.46. The smallest absolute Gasteiger partial charge is 0.302 e. The molecule has 10 heteroatoms. The highest BCUT2D eigenvalue weighted by atomic mass is 32.2. The Hall–Kier alpha value is -1.23. The molecule has 0 bridgehead atoms. The molecule has 8 nitrogen and oxygen atoms in total. The summed E-state index contributed by atoms with van der Waals surface area (Å²) in [6.07, 6.45) is 1.43. The minimum atomic E-state index is -3.66. The van der Waals surface area contributed by atoms with Gasteiger partial charge in [0.25, 0.3) is 0 Å². The van der Waals surface area contributed by atoms with Gasteiger partial charge < -0.3 is 10.5 Å². The fourth-order valence-electron chi connectivity index (χ4n) is 1.71. The highest BCUT2D eigenvalue weighted by Gasteiger charge is 2.26. The largest absolute Gasteiger partial charge is 0.389 e. The molecule has 0 radical (unpaired) electrons. The lowest BCUT2D eigenvalue weighted by Gasteiger charge is -2.26. The van der Waals surface area contributed by atoms with Crippen LogP contribution < -0.4 is 10.5 Å². The number of morpholine rings is 1. The molecular weight excluding hydrogens is 290 g/mol. The lowest BCUT2D eigenvalue weighted by molar-refractivity contribution is 0.0733. The van der Waals surface area contributed by atoms with Gasteiger partial charge in [0.1, 0.15) is 10.8 Å². The molecule has 0 unspecified atom stereocenters. The van der Waals surface area contributed by atoms with Crippen molar-refractivity contribution in [3.63, 3.8) is 0 Å². The summed E-state index contributed by atoms with van der Waals surface area (Å²) in [5.41, 5.74) is 5.93. The third kappa shape index (κ3) is 3.03. The van der Waals surface area contributed by atoms with E-state index in [1.54, 1.807) is 7.05 Å². The number of nitrogens with zero attached hydrogens (tertiary/aromatic N) is 3. The van der Waals surface area contributed by atoms with E-state index in [1.807, 2.05) is 0 Å². The number of aryl methyl sites for hydroxylation is 1. The molecule has 1 aromatic rings. The van der Waals surface area contributed by atoms with E-state index in [2.05, 4.69) is 9.82 Å². The van der Waals surface area contributed by atoms with Crippen molar-refractivity contribution in [1.82, 2.24) is 14.1 Å². The zero-order valence-corrected chi connectivity index (χ0v) is 12.0. The van der Waals surface area contributed by atoms with E-state index >= 15 is 0 Å². The van der Waals surface area contributed by atoms with Crippen molar-refractivity contribution in [2.24, 2.45) is 12.8 Å². The van der Waals surface area contributed by atoms with E-state index < -0.39 is 10.2 Å². The molecule has 1 saturated heterocycles. The van der Waals surface area contributed by atoms with E-state index in [-0.39, 0.29) is 10.8 Å². The highest BCUT2D eigenvalue weighted by molar-refractivity contribution is 7.90. The van der Waals surface area contributed by atoms with Crippen LogP contribution in [0.25, 0.3) is 0 Å². The second kappa shape index (κ2) is 5.41. The molecule has 0 amide bonds. The molecule has 0 aromatic carbocycles. The fraction of sp³-hybridized carbons (Fsp3) is 0.556. The predicted molar refractivity (Wildman–Crippen MR) is 74.0 cm³/mol. The summed E-state index contributed by atoms with van der Waals surface area (Å²) in [7, 11) is -2.05. The van der Waals surface area contributed by atoms with Crippen LogP contribution in [0.5, 0.6) is 0 Å². The molecule has 1 aliphatic rings. The van der Waals surface area contributed by atoms with Crippen molar-refractivity contribution in [3.8, 4) is 0 Å². The van der Waals surface area contributed by atoms with E-state index in [0.717, 1.165) is 0 Å². The van der Waals surface area contributed by atoms with Crippen LogP contribution in [0.15, 0.2) is 6.20 Å². The number of nitrogens with one attached hydrogen (secondary N) is 1. The number of thiocarbonyl (C=S) groups is 1. The minimum absolute atomic E-state index is 0.0905. The van der Waals surface area contributed by atoms with Crippen LogP contribution in [-0.4, -0.2) is 53.8 Å². The number of hydrogen-bond donors (Lipinski definition) is 2. The number of nitrogens with two attached hydrogens (primary N) is 1. The van der Waals surface area contributed by atoms with Gasteiger partial charge in [-0.15, -0.1) is 0 Å². The van der Waals surface area contributed by atoms with Crippen molar-refractivity contribution in [1.29, 1.82) is 0 Å². The Morgan fingerprint density at radius 1 is 1.53 bits per heavy atom. The molecular formula is C9H15N5O3S2. The first-order chi connectivity index (χ1) is 8.92. The maximum absolute atomic E-state index is 12.2. The van der Waals surface area contributed by atoms with Gasteiger partial charge in [-0.2, -0.15) is 17.8 Å². The lowest BCUT2D eigenvalue weighted by atomic mass is 10.3. The molecule has 19 heavy (non-hydrogen) atoms. The van der Waals surface area contributed by atoms with Crippen molar-refractivity contribution in [2.45, 2.75) is 0 Å². The van der Waals surface area contributed by atoms with Crippen LogP contribution in [0, 0.1) is 0 Å². The third-order valence-electron chi connectivity index (χ3n) is 2.74. The number of hydrogen-bond acceptors (Lipinski definition) is 5. The number of ether oxygens (including phenoxy) is 1. The van der Waals surface area contributed by atoms with Crippen molar-refractivity contribution >= 4 is 33.2 Å². The summed E-state index contributed by atoms with van der Waals surface area (Å²) < 4.78 is 34.7. The molecule has 0 aliphatic carbocycles. The first-order valence-corrected chi connectivity index (χ1v) is 7.44. The van der Waals surface area contributed by atoms with Gasteiger partial charge in [-0.1, -0.05) is 12.2 Å². The normalized spacial score (nSPS) is 17.3.